The Bertz CT molecular complexity index is 352. The van der Waals surface area contributed by atoms with Gasteiger partial charge in [0.05, 0.1) is 6.04 Å². The molecule has 16 heavy (non-hydrogen) atoms. The lowest BCUT2D eigenvalue weighted by atomic mass is 10.1. The number of nitrogens with one attached hydrogen (secondary N) is 1. The highest BCUT2D eigenvalue weighted by atomic mass is 19.3. The van der Waals surface area contributed by atoms with E-state index in [1.165, 1.54) is 6.92 Å². The molecule has 1 aromatic carbocycles. The molecule has 1 atom stereocenters. The number of anilines is 1. The summed E-state index contributed by atoms with van der Waals surface area (Å²) < 4.78 is 24.4. The van der Waals surface area contributed by atoms with E-state index in [4.69, 9.17) is 5.73 Å². The molecule has 0 fully saturated rings. The van der Waals surface area contributed by atoms with Gasteiger partial charge in [0.2, 0.25) is 5.91 Å². The van der Waals surface area contributed by atoms with Crippen LogP contribution in [0.25, 0.3) is 0 Å². The van der Waals surface area contributed by atoms with Crippen LogP contribution in [0.3, 0.4) is 0 Å². The molecule has 1 aromatic rings. The van der Waals surface area contributed by atoms with E-state index < -0.39 is 12.5 Å². The number of alkyl halides is 2. The van der Waals surface area contributed by atoms with Gasteiger partial charge in [-0.2, -0.15) is 0 Å². The van der Waals surface area contributed by atoms with E-state index >= 15 is 0 Å². The van der Waals surface area contributed by atoms with Crippen molar-refractivity contribution in [1.82, 2.24) is 0 Å². The van der Waals surface area contributed by atoms with Crippen molar-refractivity contribution in [2.45, 2.75) is 25.8 Å². The highest BCUT2D eigenvalue weighted by Gasteiger charge is 2.15. The van der Waals surface area contributed by atoms with Crippen molar-refractivity contribution in [2.24, 2.45) is 5.73 Å². The van der Waals surface area contributed by atoms with Crippen LogP contribution in [0.15, 0.2) is 24.3 Å². The molecule has 0 bridgehead atoms. The van der Waals surface area contributed by atoms with Crippen molar-refractivity contribution in [3.63, 3.8) is 0 Å². The molecule has 0 heterocycles. The van der Waals surface area contributed by atoms with Crippen molar-refractivity contribution in [3.05, 3.63) is 29.8 Å². The second-order valence-corrected chi connectivity index (χ2v) is 3.58. The first-order valence-electron chi connectivity index (χ1n) is 4.89. The Morgan fingerprint density at radius 3 is 2.38 bits per heavy atom. The number of amides is 1. The van der Waals surface area contributed by atoms with Gasteiger partial charge in [0, 0.05) is 12.6 Å². The smallest absolute Gasteiger partial charge is 0.253 e. The van der Waals surface area contributed by atoms with Gasteiger partial charge in [0.15, 0.2) is 0 Å². The first-order valence-corrected chi connectivity index (χ1v) is 4.89. The van der Waals surface area contributed by atoms with E-state index in [1.807, 2.05) is 0 Å². The third-order valence-electron chi connectivity index (χ3n) is 2.07. The first kappa shape index (κ1) is 12.6. The van der Waals surface area contributed by atoms with Gasteiger partial charge in [-0.05, 0) is 24.1 Å². The fourth-order valence-corrected chi connectivity index (χ4v) is 1.29. The summed E-state index contributed by atoms with van der Waals surface area (Å²) in [6, 6.07) is 5.52. The minimum absolute atomic E-state index is 0.123. The SMILES string of the molecule is CC(=O)Nc1ccc(CC(N)C(F)F)cc1. The summed E-state index contributed by atoms with van der Waals surface area (Å²) in [5.41, 5.74) is 6.61. The Labute approximate surface area is 92.6 Å². The monoisotopic (exact) mass is 228 g/mol. The molecule has 0 aliphatic carbocycles. The number of carbonyl (C=O) groups is 1. The zero-order chi connectivity index (χ0) is 12.1. The third-order valence-corrected chi connectivity index (χ3v) is 2.07. The second-order valence-electron chi connectivity index (χ2n) is 3.58. The molecule has 1 amide bonds. The molecule has 3 N–H and O–H groups in total. The van der Waals surface area contributed by atoms with Crippen LogP contribution in [0.4, 0.5) is 14.5 Å². The lowest BCUT2D eigenvalue weighted by Gasteiger charge is -2.10. The van der Waals surface area contributed by atoms with Crippen molar-refractivity contribution in [2.75, 3.05) is 5.32 Å². The summed E-state index contributed by atoms with van der Waals surface area (Å²) in [6.45, 7) is 1.40. The fraction of sp³-hybridized carbons (Fsp3) is 0.364. The van der Waals surface area contributed by atoms with Crippen molar-refractivity contribution < 1.29 is 13.6 Å². The Morgan fingerprint density at radius 1 is 1.38 bits per heavy atom. The fourth-order valence-electron chi connectivity index (χ4n) is 1.29. The normalized spacial score (nSPS) is 12.6. The van der Waals surface area contributed by atoms with Gasteiger partial charge in [-0.25, -0.2) is 8.78 Å². The van der Waals surface area contributed by atoms with Crippen molar-refractivity contribution >= 4 is 11.6 Å². The van der Waals surface area contributed by atoms with Gasteiger partial charge < -0.3 is 11.1 Å². The maximum atomic E-state index is 12.2. The number of benzene rings is 1. The molecule has 0 saturated heterocycles. The van der Waals surface area contributed by atoms with Crippen LogP contribution in [0.1, 0.15) is 12.5 Å². The molecule has 0 aliphatic heterocycles. The molecule has 1 unspecified atom stereocenters. The minimum atomic E-state index is -2.52. The zero-order valence-electron chi connectivity index (χ0n) is 8.91. The summed E-state index contributed by atoms with van der Waals surface area (Å²) in [5.74, 6) is -0.169. The van der Waals surface area contributed by atoms with Crippen LogP contribution in [-0.4, -0.2) is 18.4 Å². The van der Waals surface area contributed by atoms with Crippen LogP contribution in [-0.2, 0) is 11.2 Å². The van der Waals surface area contributed by atoms with E-state index in [0.29, 0.717) is 5.69 Å². The Balaban J connectivity index is 2.61. The predicted molar refractivity (Wildman–Crippen MR) is 58.4 cm³/mol. The van der Waals surface area contributed by atoms with Gasteiger partial charge in [0.25, 0.3) is 6.43 Å². The molecule has 3 nitrogen and oxygen atoms in total. The molecular weight excluding hydrogens is 214 g/mol. The molecular formula is C11H14F2N2O. The number of rotatable bonds is 4. The van der Waals surface area contributed by atoms with Gasteiger partial charge in [-0.3, -0.25) is 4.79 Å². The van der Waals surface area contributed by atoms with Crippen molar-refractivity contribution in [1.29, 1.82) is 0 Å². The highest BCUT2D eigenvalue weighted by Crippen LogP contribution is 2.12. The van der Waals surface area contributed by atoms with E-state index in [9.17, 15) is 13.6 Å². The largest absolute Gasteiger partial charge is 0.326 e. The molecule has 0 aromatic heterocycles. The van der Waals surface area contributed by atoms with Gasteiger partial charge in [0.1, 0.15) is 0 Å². The average Bonchev–Trinajstić information content (AvgIpc) is 2.20. The maximum absolute atomic E-state index is 12.2. The standard InChI is InChI=1S/C11H14F2N2O/c1-7(16)15-9-4-2-8(3-5-9)6-10(14)11(12)13/h2-5,10-11H,6,14H2,1H3,(H,15,16). The quantitative estimate of drug-likeness (QED) is 0.825. The summed E-state index contributed by atoms with van der Waals surface area (Å²) in [4.78, 5) is 10.7. The summed E-state index contributed by atoms with van der Waals surface area (Å²) in [5, 5.41) is 2.59. The van der Waals surface area contributed by atoms with E-state index in [1.54, 1.807) is 24.3 Å². The van der Waals surface area contributed by atoms with Crippen molar-refractivity contribution in [3.8, 4) is 0 Å². The Kier molecular flexibility index (Phi) is 4.37. The number of nitrogens with two attached hydrogens (primary N) is 1. The lowest BCUT2D eigenvalue weighted by molar-refractivity contribution is -0.114. The maximum Gasteiger partial charge on any atom is 0.253 e. The van der Waals surface area contributed by atoms with Gasteiger partial charge in [-0.15, -0.1) is 0 Å². The van der Waals surface area contributed by atoms with E-state index in [2.05, 4.69) is 5.32 Å². The van der Waals surface area contributed by atoms with Gasteiger partial charge in [-0.1, -0.05) is 12.1 Å². The first-order chi connectivity index (χ1) is 7.49. The summed E-state index contributed by atoms with van der Waals surface area (Å²) in [7, 11) is 0. The summed E-state index contributed by atoms with van der Waals surface area (Å²) in [6.07, 6.45) is -2.40. The molecule has 5 heteroatoms. The number of carbonyl (C=O) groups excluding carboxylic acids is 1. The molecule has 0 saturated carbocycles. The average molecular weight is 228 g/mol. The molecule has 1 rings (SSSR count). The van der Waals surface area contributed by atoms with Crippen LogP contribution >= 0.6 is 0 Å². The zero-order valence-corrected chi connectivity index (χ0v) is 8.91. The van der Waals surface area contributed by atoms with E-state index in [-0.39, 0.29) is 12.3 Å². The Morgan fingerprint density at radius 2 is 1.94 bits per heavy atom. The van der Waals surface area contributed by atoms with Crippen LogP contribution in [0.5, 0.6) is 0 Å². The number of halogens is 2. The molecule has 0 spiro atoms. The molecule has 0 radical (unpaired) electrons. The Hall–Kier alpha value is -1.49. The molecule has 0 aliphatic rings. The number of hydrogen-bond donors (Lipinski definition) is 2. The van der Waals surface area contributed by atoms with Crippen LogP contribution in [0, 0.1) is 0 Å². The summed E-state index contributed by atoms with van der Waals surface area (Å²) >= 11 is 0. The number of hydrogen-bond acceptors (Lipinski definition) is 2. The van der Waals surface area contributed by atoms with E-state index in [0.717, 1.165) is 5.56 Å². The van der Waals surface area contributed by atoms with Gasteiger partial charge >= 0.3 is 0 Å². The minimum Gasteiger partial charge on any atom is -0.326 e. The predicted octanol–water partition coefficient (Wildman–Crippen LogP) is 1.78. The third kappa shape index (κ3) is 3.94. The van der Waals surface area contributed by atoms with Crippen LogP contribution in [0.2, 0.25) is 0 Å². The highest BCUT2D eigenvalue weighted by molar-refractivity contribution is 5.88. The van der Waals surface area contributed by atoms with Crippen LogP contribution < -0.4 is 11.1 Å². The molecule has 88 valence electrons. The lowest BCUT2D eigenvalue weighted by Crippen LogP contribution is -2.30. The topological polar surface area (TPSA) is 55.1 Å². The second kappa shape index (κ2) is 5.55.